The van der Waals surface area contributed by atoms with Crippen molar-refractivity contribution in [1.29, 1.82) is 0 Å². The van der Waals surface area contributed by atoms with Gasteiger partial charge in [0.05, 0.1) is 11.6 Å². The minimum Gasteiger partial charge on any atom is -0.369 e. The molecule has 3 rings (SSSR count). The molecule has 1 unspecified atom stereocenters. The Morgan fingerprint density at radius 1 is 1.21 bits per heavy atom. The topological polar surface area (TPSA) is 52.7 Å². The number of hydrogen-bond donors (Lipinski definition) is 1. The van der Waals surface area contributed by atoms with Gasteiger partial charge in [-0.15, -0.1) is 0 Å². The van der Waals surface area contributed by atoms with E-state index in [-0.39, 0.29) is 30.5 Å². The lowest BCUT2D eigenvalue weighted by Crippen LogP contribution is -2.30. The highest BCUT2D eigenvalue weighted by Crippen LogP contribution is 2.28. The molecule has 1 atom stereocenters. The third-order valence-electron chi connectivity index (χ3n) is 5.07. The van der Waals surface area contributed by atoms with E-state index in [0.29, 0.717) is 11.7 Å². The van der Waals surface area contributed by atoms with Gasteiger partial charge in [0, 0.05) is 36.9 Å². The first-order chi connectivity index (χ1) is 13.4. The van der Waals surface area contributed by atoms with E-state index < -0.39 is 11.7 Å². The second-order valence-corrected chi connectivity index (χ2v) is 7.27. The summed E-state index contributed by atoms with van der Waals surface area (Å²) in [6, 6.07) is 14.2. The van der Waals surface area contributed by atoms with Crippen LogP contribution in [0.4, 0.5) is 21.5 Å². The Balaban J connectivity index is 1.65. The molecule has 1 aliphatic rings. The molecule has 1 N–H and O–H groups in total. The summed E-state index contributed by atoms with van der Waals surface area (Å²) in [5.41, 5.74) is 2.00. The van der Waals surface area contributed by atoms with Gasteiger partial charge in [0.15, 0.2) is 0 Å². The molecule has 2 amide bonds. The molecule has 1 fully saturated rings. The van der Waals surface area contributed by atoms with Crippen LogP contribution in [-0.2, 0) is 9.59 Å². The zero-order valence-electron chi connectivity index (χ0n) is 16.5. The second kappa shape index (κ2) is 8.42. The van der Waals surface area contributed by atoms with Gasteiger partial charge in [-0.25, -0.2) is 4.39 Å². The molecule has 1 aliphatic heterocycles. The van der Waals surface area contributed by atoms with Gasteiger partial charge in [-0.05, 0) is 57.2 Å². The van der Waals surface area contributed by atoms with E-state index in [2.05, 4.69) is 31.0 Å². The first kappa shape index (κ1) is 19.9. The normalized spacial score (nSPS) is 16.5. The van der Waals surface area contributed by atoms with Crippen molar-refractivity contribution < 1.29 is 14.0 Å². The summed E-state index contributed by atoms with van der Waals surface area (Å²) >= 11 is 0. The van der Waals surface area contributed by atoms with Crippen LogP contribution in [0.15, 0.2) is 48.5 Å². The predicted molar refractivity (Wildman–Crippen MR) is 110 cm³/mol. The number of halogens is 1. The molecule has 2 aromatic rings. The Kier molecular flexibility index (Phi) is 5.97. The molecule has 0 radical (unpaired) electrons. The van der Waals surface area contributed by atoms with Gasteiger partial charge < -0.3 is 15.1 Å². The Hall–Kier alpha value is -2.89. The van der Waals surface area contributed by atoms with Crippen molar-refractivity contribution in [2.24, 2.45) is 5.92 Å². The SMILES string of the molecule is CCN(c1ccc(NC(=O)C2CC(=O)N(c3ccccc3F)C2)cc1)C(C)C. The number of amides is 2. The van der Waals surface area contributed by atoms with Crippen LogP contribution in [0.25, 0.3) is 0 Å². The number of benzene rings is 2. The lowest BCUT2D eigenvalue weighted by molar-refractivity contribution is -0.122. The van der Waals surface area contributed by atoms with E-state index >= 15 is 0 Å². The largest absolute Gasteiger partial charge is 0.369 e. The van der Waals surface area contributed by atoms with Gasteiger partial charge in [0.2, 0.25) is 11.8 Å². The van der Waals surface area contributed by atoms with Crippen LogP contribution in [0.1, 0.15) is 27.2 Å². The van der Waals surface area contributed by atoms with Crippen molar-refractivity contribution in [3.63, 3.8) is 0 Å². The van der Waals surface area contributed by atoms with Gasteiger partial charge >= 0.3 is 0 Å². The van der Waals surface area contributed by atoms with E-state index in [4.69, 9.17) is 0 Å². The predicted octanol–water partition coefficient (Wildman–Crippen LogP) is 4.05. The van der Waals surface area contributed by atoms with Gasteiger partial charge in [-0.2, -0.15) is 0 Å². The van der Waals surface area contributed by atoms with Gasteiger partial charge in [0.25, 0.3) is 0 Å². The van der Waals surface area contributed by atoms with Crippen molar-refractivity contribution in [3.05, 3.63) is 54.3 Å². The molecule has 0 spiro atoms. The molecule has 6 heteroatoms. The molecule has 2 aromatic carbocycles. The van der Waals surface area contributed by atoms with Crippen LogP contribution in [0.3, 0.4) is 0 Å². The minimum absolute atomic E-state index is 0.0786. The maximum atomic E-state index is 14.0. The molecule has 1 saturated heterocycles. The lowest BCUT2D eigenvalue weighted by Gasteiger charge is -2.27. The Morgan fingerprint density at radius 2 is 1.89 bits per heavy atom. The Labute approximate surface area is 165 Å². The van der Waals surface area contributed by atoms with Crippen LogP contribution in [0.5, 0.6) is 0 Å². The number of carbonyl (C=O) groups excluding carboxylic acids is 2. The molecule has 0 aromatic heterocycles. The average Bonchev–Trinajstić information content (AvgIpc) is 3.05. The number of para-hydroxylation sites is 1. The Morgan fingerprint density at radius 3 is 2.50 bits per heavy atom. The average molecular weight is 383 g/mol. The van der Waals surface area contributed by atoms with Crippen molar-refractivity contribution in [1.82, 2.24) is 0 Å². The van der Waals surface area contributed by atoms with Crippen molar-refractivity contribution in [2.75, 3.05) is 28.2 Å². The van der Waals surface area contributed by atoms with E-state index in [9.17, 15) is 14.0 Å². The Bertz CT molecular complexity index is 851. The monoisotopic (exact) mass is 383 g/mol. The number of nitrogens with zero attached hydrogens (tertiary/aromatic N) is 2. The standard InChI is InChI=1S/C22H26FN3O2/c1-4-25(15(2)3)18-11-9-17(10-12-18)24-22(28)16-13-21(27)26(14-16)20-8-6-5-7-19(20)23/h5-12,15-16H,4,13-14H2,1-3H3,(H,24,28). The summed E-state index contributed by atoms with van der Waals surface area (Å²) in [5.74, 6) is -1.43. The molecule has 1 heterocycles. The summed E-state index contributed by atoms with van der Waals surface area (Å²) in [6.07, 6.45) is 0.0786. The van der Waals surface area contributed by atoms with Crippen molar-refractivity contribution >= 4 is 28.9 Å². The van der Waals surface area contributed by atoms with E-state index in [1.807, 2.05) is 24.3 Å². The molecule has 148 valence electrons. The fourth-order valence-corrected chi connectivity index (χ4v) is 3.61. The molecule has 28 heavy (non-hydrogen) atoms. The van der Waals surface area contributed by atoms with E-state index in [0.717, 1.165) is 12.2 Å². The first-order valence-corrected chi connectivity index (χ1v) is 9.63. The highest BCUT2D eigenvalue weighted by Gasteiger charge is 2.36. The summed E-state index contributed by atoms with van der Waals surface area (Å²) in [5, 5.41) is 2.87. The fourth-order valence-electron chi connectivity index (χ4n) is 3.61. The van der Waals surface area contributed by atoms with Crippen molar-refractivity contribution in [2.45, 2.75) is 33.2 Å². The van der Waals surface area contributed by atoms with Crippen LogP contribution >= 0.6 is 0 Å². The number of nitrogens with one attached hydrogen (secondary N) is 1. The summed E-state index contributed by atoms with van der Waals surface area (Å²) < 4.78 is 14.0. The third-order valence-corrected chi connectivity index (χ3v) is 5.07. The third kappa shape index (κ3) is 4.16. The van der Waals surface area contributed by atoms with Crippen LogP contribution in [0, 0.1) is 11.7 Å². The zero-order valence-corrected chi connectivity index (χ0v) is 16.5. The highest BCUT2D eigenvalue weighted by atomic mass is 19.1. The molecular weight excluding hydrogens is 357 g/mol. The maximum absolute atomic E-state index is 14.0. The quantitative estimate of drug-likeness (QED) is 0.819. The van der Waals surface area contributed by atoms with Crippen LogP contribution in [-0.4, -0.2) is 30.9 Å². The summed E-state index contributed by atoms with van der Waals surface area (Å²) in [4.78, 5) is 28.5. The van der Waals surface area contributed by atoms with Gasteiger partial charge in [-0.1, -0.05) is 12.1 Å². The summed E-state index contributed by atoms with van der Waals surface area (Å²) in [7, 11) is 0. The second-order valence-electron chi connectivity index (χ2n) is 7.27. The number of rotatable bonds is 6. The first-order valence-electron chi connectivity index (χ1n) is 9.63. The minimum atomic E-state index is -0.505. The highest BCUT2D eigenvalue weighted by molar-refractivity contribution is 6.03. The van der Waals surface area contributed by atoms with Crippen LogP contribution in [0.2, 0.25) is 0 Å². The number of carbonyl (C=O) groups is 2. The molecule has 0 bridgehead atoms. The number of hydrogen-bond acceptors (Lipinski definition) is 3. The van der Waals surface area contributed by atoms with Crippen molar-refractivity contribution in [3.8, 4) is 0 Å². The molecule has 5 nitrogen and oxygen atoms in total. The van der Waals surface area contributed by atoms with Gasteiger partial charge in [-0.3, -0.25) is 9.59 Å². The fraction of sp³-hybridized carbons (Fsp3) is 0.364. The van der Waals surface area contributed by atoms with Gasteiger partial charge in [0.1, 0.15) is 5.82 Å². The maximum Gasteiger partial charge on any atom is 0.229 e. The van der Waals surface area contributed by atoms with E-state index in [1.54, 1.807) is 18.2 Å². The van der Waals surface area contributed by atoms with E-state index in [1.165, 1.54) is 11.0 Å². The number of anilines is 3. The lowest BCUT2D eigenvalue weighted by atomic mass is 10.1. The summed E-state index contributed by atoms with van der Waals surface area (Å²) in [6.45, 7) is 7.46. The smallest absolute Gasteiger partial charge is 0.229 e. The molecular formula is C22H26FN3O2. The molecule has 0 aliphatic carbocycles. The molecule has 0 saturated carbocycles. The zero-order chi connectivity index (χ0) is 20.3. The van der Waals surface area contributed by atoms with Crippen LogP contribution < -0.4 is 15.1 Å².